The van der Waals surface area contributed by atoms with E-state index >= 15 is 0 Å². The smallest absolute Gasteiger partial charge is 0.203 e. The SMILES string of the molecule is S=c1n(CN2CCC[C@@H]3CCCC[C@H]32)nc(COc2ccc(Cl)cc2)n1-c1ccccc1. The van der Waals surface area contributed by atoms with Crippen LogP contribution in [0.3, 0.4) is 0 Å². The number of hydrogen-bond donors (Lipinski definition) is 0. The molecule has 1 saturated carbocycles. The Bertz CT molecular complexity index is 1090. The molecule has 7 heteroatoms. The van der Waals surface area contributed by atoms with E-state index in [1.165, 1.54) is 38.5 Å². The molecule has 1 aliphatic carbocycles. The molecule has 2 aromatic carbocycles. The molecule has 5 nitrogen and oxygen atoms in total. The van der Waals surface area contributed by atoms with Gasteiger partial charge < -0.3 is 4.74 Å². The molecule has 0 N–H and O–H groups in total. The minimum absolute atomic E-state index is 0.333. The van der Waals surface area contributed by atoms with E-state index in [1.54, 1.807) is 0 Å². The van der Waals surface area contributed by atoms with Crippen molar-refractivity contribution in [3.05, 3.63) is 70.2 Å². The van der Waals surface area contributed by atoms with Crippen LogP contribution >= 0.6 is 23.8 Å². The monoisotopic (exact) mass is 468 g/mol. The van der Waals surface area contributed by atoms with Gasteiger partial charge in [-0.2, -0.15) is 5.10 Å². The Balaban J connectivity index is 1.43. The van der Waals surface area contributed by atoms with E-state index in [2.05, 4.69) is 17.0 Å². The van der Waals surface area contributed by atoms with Crippen molar-refractivity contribution < 1.29 is 4.74 Å². The van der Waals surface area contributed by atoms with Crippen LogP contribution in [0.25, 0.3) is 5.69 Å². The van der Waals surface area contributed by atoms with Crippen molar-refractivity contribution >= 4 is 23.8 Å². The lowest BCUT2D eigenvalue weighted by Crippen LogP contribution is -2.47. The predicted octanol–water partition coefficient (Wildman–Crippen LogP) is 6.25. The van der Waals surface area contributed by atoms with E-state index < -0.39 is 0 Å². The molecule has 5 rings (SSSR count). The van der Waals surface area contributed by atoms with E-state index in [0.29, 0.717) is 22.4 Å². The molecule has 1 aromatic heterocycles. The van der Waals surface area contributed by atoms with E-state index in [9.17, 15) is 0 Å². The zero-order valence-corrected chi connectivity index (χ0v) is 19.8. The number of rotatable bonds is 6. The zero-order valence-electron chi connectivity index (χ0n) is 18.2. The second-order valence-corrected chi connectivity index (χ2v) is 9.62. The highest BCUT2D eigenvalue weighted by Gasteiger charge is 2.33. The van der Waals surface area contributed by atoms with Gasteiger partial charge in [0.1, 0.15) is 12.4 Å². The number of nitrogens with zero attached hydrogens (tertiary/aromatic N) is 4. The molecule has 32 heavy (non-hydrogen) atoms. The lowest BCUT2D eigenvalue weighted by Gasteiger charge is -2.43. The van der Waals surface area contributed by atoms with Gasteiger partial charge in [-0.05, 0) is 80.2 Å². The molecule has 0 bridgehead atoms. The summed E-state index contributed by atoms with van der Waals surface area (Å²) in [5, 5.41) is 5.62. The Morgan fingerprint density at radius 2 is 1.72 bits per heavy atom. The molecule has 2 fully saturated rings. The van der Waals surface area contributed by atoms with Crippen LogP contribution in [0.2, 0.25) is 5.02 Å². The van der Waals surface area contributed by atoms with Crippen LogP contribution in [0.5, 0.6) is 5.75 Å². The Morgan fingerprint density at radius 1 is 0.969 bits per heavy atom. The minimum atomic E-state index is 0.333. The highest BCUT2D eigenvalue weighted by Crippen LogP contribution is 2.35. The van der Waals surface area contributed by atoms with Crippen LogP contribution in [0, 0.1) is 10.7 Å². The number of halogens is 1. The van der Waals surface area contributed by atoms with Crippen molar-refractivity contribution in [3.63, 3.8) is 0 Å². The van der Waals surface area contributed by atoms with Crippen LogP contribution in [-0.4, -0.2) is 31.8 Å². The molecular weight excluding hydrogens is 440 g/mol. The van der Waals surface area contributed by atoms with Crippen molar-refractivity contribution in [1.82, 2.24) is 19.2 Å². The van der Waals surface area contributed by atoms with Crippen LogP contribution in [0.1, 0.15) is 44.3 Å². The Morgan fingerprint density at radius 3 is 2.53 bits per heavy atom. The molecule has 2 atom stereocenters. The Kier molecular flexibility index (Phi) is 6.62. The summed E-state index contributed by atoms with van der Waals surface area (Å²) in [4.78, 5) is 2.61. The molecular formula is C25H29ClN4OS. The molecule has 0 unspecified atom stereocenters. The van der Waals surface area contributed by atoms with Crippen LogP contribution in [0.15, 0.2) is 54.6 Å². The third-order valence-electron chi connectivity index (χ3n) is 6.78. The average molecular weight is 469 g/mol. The highest BCUT2D eigenvalue weighted by molar-refractivity contribution is 7.71. The largest absolute Gasteiger partial charge is 0.486 e. The standard InChI is InChI=1S/C25H29ClN4OS/c26-20-12-14-22(15-13-20)31-17-24-27-29(25(32)30(24)21-9-2-1-3-10-21)18-28-16-6-8-19-7-4-5-11-23(19)28/h1-3,9-10,12-15,19,23H,4-8,11,16-18H2/t19-,23+/m0/s1. The summed E-state index contributed by atoms with van der Waals surface area (Å²) in [6.07, 6.45) is 8.01. The molecule has 0 radical (unpaired) electrons. The fraction of sp³-hybridized carbons (Fsp3) is 0.440. The number of benzene rings is 2. The summed E-state index contributed by atoms with van der Waals surface area (Å²) in [6, 6.07) is 18.2. The molecule has 0 spiro atoms. The van der Waals surface area contributed by atoms with Gasteiger partial charge in [-0.25, -0.2) is 4.68 Å². The van der Waals surface area contributed by atoms with Gasteiger partial charge in [0.15, 0.2) is 5.82 Å². The van der Waals surface area contributed by atoms with E-state index in [0.717, 1.165) is 36.4 Å². The number of para-hydroxylation sites is 1. The summed E-state index contributed by atoms with van der Waals surface area (Å²) in [5.41, 5.74) is 1.01. The summed E-state index contributed by atoms with van der Waals surface area (Å²) in [5.74, 6) is 2.39. The van der Waals surface area contributed by atoms with Crippen molar-refractivity contribution in [2.75, 3.05) is 6.54 Å². The molecule has 2 heterocycles. The topological polar surface area (TPSA) is 35.2 Å². The number of likely N-dealkylation sites (tertiary alicyclic amines) is 1. The normalized spacial score (nSPS) is 21.3. The predicted molar refractivity (Wildman–Crippen MR) is 130 cm³/mol. The minimum Gasteiger partial charge on any atom is -0.486 e. The van der Waals surface area contributed by atoms with Gasteiger partial charge in [0.2, 0.25) is 4.77 Å². The van der Waals surface area contributed by atoms with Crippen LogP contribution in [-0.2, 0) is 13.3 Å². The van der Waals surface area contributed by atoms with E-state index in [4.69, 9.17) is 33.7 Å². The Hall–Kier alpha value is -2.15. The number of fused-ring (bicyclic) bond motifs is 1. The Labute approximate surface area is 199 Å². The third-order valence-corrected chi connectivity index (χ3v) is 7.42. The van der Waals surface area contributed by atoms with Gasteiger partial charge in [-0.1, -0.05) is 42.6 Å². The molecule has 168 valence electrons. The zero-order chi connectivity index (χ0) is 21.9. The van der Waals surface area contributed by atoms with Gasteiger partial charge >= 0.3 is 0 Å². The third kappa shape index (κ3) is 4.63. The number of piperidine rings is 1. The number of aromatic nitrogens is 3. The van der Waals surface area contributed by atoms with Crippen LogP contribution < -0.4 is 4.74 Å². The van der Waals surface area contributed by atoms with Crippen molar-refractivity contribution in [3.8, 4) is 11.4 Å². The first-order chi connectivity index (χ1) is 15.7. The van der Waals surface area contributed by atoms with Gasteiger partial charge in [0, 0.05) is 23.3 Å². The fourth-order valence-electron chi connectivity index (χ4n) is 5.23. The van der Waals surface area contributed by atoms with E-state index in [1.807, 2.05) is 51.7 Å². The maximum atomic E-state index is 6.04. The van der Waals surface area contributed by atoms with E-state index in [-0.39, 0.29) is 0 Å². The maximum Gasteiger partial charge on any atom is 0.203 e. The summed E-state index contributed by atoms with van der Waals surface area (Å²) in [6.45, 7) is 2.20. The molecule has 0 amide bonds. The quantitative estimate of drug-likeness (QED) is 0.400. The molecule has 2 aliphatic rings. The van der Waals surface area contributed by atoms with Gasteiger partial charge in [0.05, 0.1) is 6.67 Å². The average Bonchev–Trinajstić information content (AvgIpc) is 3.14. The number of ether oxygens (including phenoxy) is 1. The number of hydrogen-bond acceptors (Lipinski definition) is 4. The molecule has 3 aromatic rings. The molecule has 1 aliphatic heterocycles. The van der Waals surface area contributed by atoms with Gasteiger partial charge in [-0.15, -0.1) is 0 Å². The summed E-state index contributed by atoms with van der Waals surface area (Å²) >= 11 is 11.9. The maximum absolute atomic E-state index is 6.04. The fourth-order valence-corrected chi connectivity index (χ4v) is 5.66. The van der Waals surface area contributed by atoms with Crippen LogP contribution in [0.4, 0.5) is 0 Å². The second-order valence-electron chi connectivity index (χ2n) is 8.82. The second kappa shape index (κ2) is 9.77. The lowest BCUT2D eigenvalue weighted by molar-refractivity contribution is 0.0322. The molecule has 1 saturated heterocycles. The lowest BCUT2D eigenvalue weighted by atomic mass is 9.78. The van der Waals surface area contributed by atoms with Gasteiger partial charge in [-0.3, -0.25) is 9.47 Å². The summed E-state index contributed by atoms with van der Waals surface area (Å²) in [7, 11) is 0. The first-order valence-electron chi connectivity index (χ1n) is 11.6. The van der Waals surface area contributed by atoms with Crippen molar-refractivity contribution in [1.29, 1.82) is 0 Å². The van der Waals surface area contributed by atoms with Gasteiger partial charge in [0.25, 0.3) is 0 Å². The highest BCUT2D eigenvalue weighted by atomic mass is 35.5. The van der Waals surface area contributed by atoms with Crippen molar-refractivity contribution in [2.24, 2.45) is 5.92 Å². The first-order valence-corrected chi connectivity index (χ1v) is 12.3. The summed E-state index contributed by atoms with van der Waals surface area (Å²) < 4.78 is 10.8. The first kappa shape index (κ1) is 21.7. The van der Waals surface area contributed by atoms with Crippen molar-refractivity contribution in [2.45, 2.75) is 57.8 Å².